The van der Waals surface area contributed by atoms with Crippen molar-refractivity contribution in [3.8, 4) is 12.3 Å². The quantitative estimate of drug-likeness (QED) is 0.684. The molecule has 1 unspecified atom stereocenters. The molecule has 1 aromatic rings. The van der Waals surface area contributed by atoms with E-state index in [9.17, 15) is 0 Å². The Balaban J connectivity index is 2.55. The molecule has 0 fully saturated rings. The van der Waals surface area contributed by atoms with Crippen LogP contribution in [0, 0.1) is 12.3 Å². The first-order chi connectivity index (χ1) is 6.13. The molecule has 70 valence electrons. The molecule has 4 heteroatoms. The van der Waals surface area contributed by atoms with Crippen LogP contribution in [0.1, 0.15) is 6.92 Å². The van der Waals surface area contributed by atoms with Gasteiger partial charge < -0.3 is 0 Å². The molecule has 0 N–H and O–H groups in total. The molecule has 0 bridgehead atoms. The molecule has 0 aliphatic heterocycles. The van der Waals surface area contributed by atoms with Crippen LogP contribution in [0.15, 0.2) is 12.4 Å². The van der Waals surface area contributed by atoms with Gasteiger partial charge in [0.25, 0.3) is 0 Å². The maximum Gasteiger partial charge on any atom is 0.0936 e. The van der Waals surface area contributed by atoms with E-state index >= 15 is 0 Å². The summed E-state index contributed by atoms with van der Waals surface area (Å²) in [5.74, 6) is 2.64. The van der Waals surface area contributed by atoms with Crippen molar-refractivity contribution in [1.29, 1.82) is 0 Å². The predicted octanol–water partition coefficient (Wildman–Crippen LogP) is 1.45. The average Bonchev–Trinajstić information content (AvgIpc) is 2.49. The Bertz CT molecular complexity index is 313. The molecule has 1 rings (SSSR count). The number of hydrogen-bond donors (Lipinski definition) is 0. The van der Waals surface area contributed by atoms with Crippen LogP contribution in [0.4, 0.5) is 0 Å². The van der Waals surface area contributed by atoms with Crippen LogP contribution in [-0.4, -0.2) is 27.8 Å². The third kappa shape index (κ3) is 2.76. The predicted molar refractivity (Wildman–Crippen MR) is 53.3 cm³/mol. The maximum atomic E-state index is 5.72. The molecule has 1 atom stereocenters. The molecule has 0 spiro atoms. The molecular weight excluding hydrogens is 186 g/mol. The van der Waals surface area contributed by atoms with E-state index in [2.05, 4.69) is 11.0 Å². The summed E-state index contributed by atoms with van der Waals surface area (Å²) in [5.41, 5.74) is 0. The SMILES string of the molecule is C#CC(C)N(C)Cn1cc(Cl)cn1. The Kier molecular flexibility index (Phi) is 3.35. The third-order valence-electron chi connectivity index (χ3n) is 1.87. The summed E-state index contributed by atoms with van der Waals surface area (Å²) < 4.78 is 1.75. The fraction of sp³-hybridized carbons (Fsp3) is 0.444. The van der Waals surface area contributed by atoms with E-state index in [0.29, 0.717) is 11.7 Å². The van der Waals surface area contributed by atoms with Gasteiger partial charge in [0.1, 0.15) is 0 Å². The van der Waals surface area contributed by atoms with Crippen LogP contribution in [0.2, 0.25) is 5.02 Å². The van der Waals surface area contributed by atoms with E-state index in [4.69, 9.17) is 18.0 Å². The first-order valence-corrected chi connectivity index (χ1v) is 4.35. The van der Waals surface area contributed by atoms with Crippen molar-refractivity contribution in [1.82, 2.24) is 14.7 Å². The smallest absolute Gasteiger partial charge is 0.0936 e. The van der Waals surface area contributed by atoms with Gasteiger partial charge in [-0.3, -0.25) is 9.58 Å². The molecule has 1 heterocycles. The fourth-order valence-electron chi connectivity index (χ4n) is 0.894. The zero-order valence-electron chi connectivity index (χ0n) is 7.74. The van der Waals surface area contributed by atoms with Crippen LogP contribution >= 0.6 is 11.6 Å². The number of halogens is 1. The van der Waals surface area contributed by atoms with Gasteiger partial charge in [0.15, 0.2) is 0 Å². The lowest BCUT2D eigenvalue weighted by Gasteiger charge is -2.19. The summed E-state index contributed by atoms with van der Waals surface area (Å²) in [5, 5.41) is 4.69. The molecule has 0 aliphatic carbocycles. The topological polar surface area (TPSA) is 21.1 Å². The highest BCUT2D eigenvalue weighted by Gasteiger charge is 2.06. The first kappa shape index (κ1) is 10.1. The summed E-state index contributed by atoms with van der Waals surface area (Å²) in [6, 6.07) is 0.1000. The van der Waals surface area contributed by atoms with Crippen LogP contribution in [0.5, 0.6) is 0 Å². The molecule has 0 radical (unpaired) electrons. The van der Waals surface area contributed by atoms with Crippen LogP contribution < -0.4 is 0 Å². The summed E-state index contributed by atoms with van der Waals surface area (Å²) in [6.45, 7) is 2.61. The van der Waals surface area contributed by atoms with Crippen molar-refractivity contribution in [3.63, 3.8) is 0 Å². The largest absolute Gasteiger partial charge is 0.274 e. The number of nitrogens with zero attached hydrogens (tertiary/aromatic N) is 3. The van der Waals surface area contributed by atoms with Crippen LogP contribution in [0.25, 0.3) is 0 Å². The molecular formula is C9H12ClN3. The Morgan fingerprint density at radius 2 is 2.54 bits per heavy atom. The first-order valence-electron chi connectivity index (χ1n) is 3.98. The Morgan fingerprint density at radius 3 is 3.00 bits per heavy atom. The third-order valence-corrected chi connectivity index (χ3v) is 2.07. The van der Waals surface area contributed by atoms with Gasteiger partial charge in [-0.2, -0.15) is 5.10 Å². The van der Waals surface area contributed by atoms with Crippen molar-refractivity contribution in [2.45, 2.75) is 19.6 Å². The molecule has 0 saturated carbocycles. The van der Waals surface area contributed by atoms with Crippen molar-refractivity contribution >= 4 is 11.6 Å². The van der Waals surface area contributed by atoms with E-state index < -0.39 is 0 Å². The molecule has 13 heavy (non-hydrogen) atoms. The standard InChI is InChI=1S/C9H12ClN3/c1-4-8(2)12(3)7-13-6-9(10)5-11-13/h1,5-6,8H,7H2,2-3H3. The van der Waals surface area contributed by atoms with Crippen molar-refractivity contribution < 1.29 is 0 Å². The van der Waals surface area contributed by atoms with Crippen molar-refractivity contribution in [2.75, 3.05) is 7.05 Å². The van der Waals surface area contributed by atoms with E-state index in [0.717, 1.165) is 0 Å². The monoisotopic (exact) mass is 197 g/mol. The van der Waals surface area contributed by atoms with Gasteiger partial charge in [-0.1, -0.05) is 17.5 Å². The number of rotatable bonds is 3. The van der Waals surface area contributed by atoms with E-state index in [1.54, 1.807) is 17.1 Å². The molecule has 0 saturated heterocycles. The number of hydrogen-bond acceptors (Lipinski definition) is 2. The minimum atomic E-state index is 0.1000. The van der Waals surface area contributed by atoms with Crippen LogP contribution in [-0.2, 0) is 6.67 Å². The highest BCUT2D eigenvalue weighted by Crippen LogP contribution is 2.05. The molecule has 3 nitrogen and oxygen atoms in total. The highest BCUT2D eigenvalue weighted by atomic mass is 35.5. The van der Waals surface area contributed by atoms with Gasteiger partial charge in [0.05, 0.1) is 23.9 Å². The summed E-state index contributed by atoms with van der Waals surface area (Å²) in [7, 11) is 1.94. The van der Waals surface area contributed by atoms with Gasteiger partial charge in [-0.05, 0) is 14.0 Å². The van der Waals surface area contributed by atoms with Crippen molar-refractivity contribution in [3.05, 3.63) is 17.4 Å². The lowest BCUT2D eigenvalue weighted by molar-refractivity contribution is 0.230. The molecule has 0 amide bonds. The fourth-order valence-corrected chi connectivity index (χ4v) is 1.05. The molecule has 0 aromatic carbocycles. The zero-order chi connectivity index (χ0) is 9.84. The Hall–Kier alpha value is -0.980. The van der Waals surface area contributed by atoms with E-state index in [1.165, 1.54) is 0 Å². The second kappa shape index (κ2) is 4.31. The minimum Gasteiger partial charge on any atom is -0.274 e. The van der Waals surface area contributed by atoms with Gasteiger partial charge in [-0.15, -0.1) is 6.42 Å². The number of terminal acetylenes is 1. The minimum absolute atomic E-state index is 0.1000. The van der Waals surface area contributed by atoms with Crippen LogP contribution in [0.3, 0.4) is 0 Å². The Morgan fingerprint density at radius 1 is 1.85 bits per heavy atom. The zero-order valence-corrected chi connectivity index (χ0v) is 8.49. The van der Waals surface area contributed by atoms with Crippen molar-refractivity contribution in [2.24, 2.45) is 0 Å². The van der Waals surface area contributed by atoms with E-state index in [-0.39, 0.29) is 6.04 Å². The lowest BCUT2D eigenvalue weighted by Crippen LogP contribution is -2.30. The second-order valence-corrected chi connectivity index (χ2v) is 3.38. The Labute approximate surface area is 83.3 Å². The maximum absolute atomic E-state index is 5.72. The summed E-state index contributed by atoms with van der Waals surface area (Å²) >= 11 is 5.72. The van der Waals surface area contributed by atoms with E-state index in [1.807, 2.05) is 18.9 Å². The number of aromatic nitrogens is 2. The van der Waals surface area contributed by atoms with Gasteiger partial charge in [-0.25, -0.2) is 0 Å². The summed E-state index contributed by atoms with van der Waals surface area (Å²) in [4.78, 5) is 2.00. The normalized spacial score (nSPS) is 12.8. The molecule has 0 aliphatic rings. The molecule has 1 aromatic heterocycles. The highest BCUT2D eigenvalue weighted by molar-refractivity contribution is 6.30. The average molecular weight is 198 g/mol. The second-order valence-electron chi connectivity index (χ2n) is 2.94. The van der Waals surface area contributed by atoms with Gasteiger partial charge in [0, 0.05) is 6.20 Å². The summed E-state index contributed by atoms with van der Waals surface area (Å²) in [6.07, 6.45) is 8.66. The lowest BCUT2D eigenvalue weighted by atomic mass is 10.3. The van der Waals surface area contributed by atoms with Gasteiger partial charge >= 0.3 is 0 Å². The van der Waals surface area contributed by atoms with Gasteiger partial charge in [0.2, 0.25) is 0 Å².